The number of carbonyl (C=O) groups excluding carboxylic acids is 1. The van der Waals surface area contributed by atoms with Crippen LogP contribution < -0.4 is 4.74 Å². The lowest BCUT2D eigenvalue weighted by Crippen LogP contribution is -2.12. The topological polar surface area (TPSA) is 35.5 Å². The molecule has 0 saturated heterocycles. The van der Waals surface area contributed by atoms with Crippen molar-refractivity contribution in [1.29, 1.82) is 0 Å². The Bertz CT molecular complexity index is 784. The summed E-state index contributed by atoms with van der Waals surface area (Å²) in [6, 6.07) is 25.7. The Hall–Kier alpha value is -3.07. The lowest BCUT2D eigenvalue weighted by Gasteiger charge is -2.15. The van der Waals surface area contributed by atoms with Gasteiger partial charge >= 0.3 is 6.16 Å². The first-order chi connectivity index (χ1) is 12.8. The third-order valence-corrected chi connectivity index (χ3v) is 4.09. The van der Waals surface area contributed by atoms with Crippen LogP contribution in [0.1, 0.15) is 19.8 Å². The van der Waals surface area contributed by atoms with E-state index in [1.165, 1.54) is 0 Å². The highest BCUT2D eigenvalue weighted by Crippen LogP contribution is 2.39. The average Bonchev–Trinajstić information content (AvgIpc) is 2.70. The molecule has 26 heavy (non-hydrogen) atoms. The monoisotopic (exact) mass is 346 g/mol. The Morgan fingerprint density at radius 1 is 0.769 bits per heavy atom. The molecule has 3 heteroatoms. The maximum atomic E-state index is 12.2. The number of hydrogen-bond acceptors (Lipinski definition) is 3. The highest BCUT2D eigenvalue weighted by atomic mass is 16.7. The van der Waals surface area contributed by atoms with Gasteiger partial charge in [0.15, 0.2) is 0 Å². The lowest BCUT2D eigenvalue weighted by atomic mass is 9.97. The van der Waals surface area contributed by atoms with E-state index in [0.29, 0.717) is 12.4 Å². The fraction of sp³-hybridized carbons (Fsp3) is 0.174. The van der Waals surface area contributed by atoms with Gasteiger partial charge in [0, 0.05) is 11.1 Å². The van der Waals surface area contributed by atoms with Gasteiger partial charge in [-0.3, -0.25) is 0 Å². The molecule has 0 heterocycles. The van der Waals surface area contributed by atoms with E-state index in [2.05, 4.69) is 0 Å². The quantitative estimate of drug-likeness (QED) is 0.297. The molecule has 132 valence electrons. The minimum absolute atomic E-state index is 0.365. The molecule has 0 unspecified atom stereocenters. The van der Waals surface area contributed by atoms with Crippen LogP contribution in [0.3, 0.4) is 0 Å². The summed E-state index contributed by atoms with van der Waals surface area (Å²) in [6.45, 7) is 2.41. The van der Waals surface area contributed by atoms with Crippen LogP contribution in [0.15, 0.2) is 78.9 Å². The van der Waals surface area contributed by atoms with Gasteiger partial charge in [-0.2, -0.15) is 0 Å². The van der Waals surface area contributed by atoms with E-state index in [1.54, 1.807) is 0 Å². The van der Waals surface area contributed by atoms with E-state index in [1.807, 2.05) is 85.8 Å². The molecule has 3 nitrogen and oxygen atoms in total. The normalized spacial score (nSPS) is 10.3. The maximum absolute atomic E-state index is 12.2. The minimum atomic E-state index is -0.668. The fourth-order valence-corrected chi connectivity index (χ4v) is 2.75. The van der Waals surface area contributed by atoms with E-state index in [0.717, 1.165) is 35.1 Å². The first-order valence-electron chi connectivity index (χ1n) is 8.88. The molecule has 0 aromatic heterocycles. The molecule has 3 aromatic rings. The number of benzene rings is 3. The number of carbonyl (C=O) groups is 1. The van der Waals surface area contributed by atoms with Crippen LogP contribution >= 0.6 is 0 Å². The standard InChI is InChI=1S/C23H22O3/c1-2-3-17-25-23(24)26-22-20(18-11-6-4-7-12-18)15-10-16-21(22)19-13-8-5-9-14-19/h4-16H,2-3,17H2,1H3. The lowest BCUT2D eigenvalue weighted by molar-refractivity contribution is 0.0982. The largest absolute Gasteiger partial charge is 0.513 e. The first kappa shape index (κ1) is 17.7. The van der Waals surface area contributed by atoms with E-state index in [4.69, 9.17) is 9.47 Å². The van der Waals surface area contributed by atoms with Crippen molar-refractivity contribution in [3.63, 3.8) is 0 Å². The first-order valence-corrected chi connectivity index (χ1v) is 8.88. The van der Waals surface area contributed by atoms with E-state index in [9.17, 15) is 4.79 Å². The molecule has 0 aliphatic heterocycles. The molecule has 0 atom stereocenters. The van der Waals surface area contributed by atoms with Crippen molar-refractivity contribution in [2.75, 3.05) is 6.61 Å². The van der Waals surface area contributed by atoms with Crippen LogP contribution in [0.5, 0.6) is 5.75 Å². The highest BCUT2D eigenvalue weighted by molar-refractivity contribution is 5.85. The molecule has 0 bridgehead atoms. The molecular formula is C23H22O3. The van der Waals surface area contributed by atoms with Gasteiger partial charge in [0.1, 0.15) is 5.75 Å². The highest BCUT2D eigenvalue weighted by Gasteiger charge is 2.17. The molecular weight excluding hydrogens is 324 g/mol. The van der Waals surface area contributed by atoms with Gasteiger partial charge in [0.05, 0.1) is 6.61 Å². The van der Waals surface area contributed by atoms with Gasteiger partial charge in [0.2, 0.25) is 0 Å². The van der Waals surface area contributed by atoms with Gasteiger partial charge in [0.25, 0.3) is 0 Å². The fourth-order valence-electron chi connectivity index (χ4n) is 2.75. The molecule has 0 aliphatic carbocycles. The Balaban J connectivity index is 2.01. The Morgan fingerprint density at radius 3 is 1.81 bits per heavy atom. The molecule has 0 saturated carbocycles. The maximum Gasteiger partial charge on any atom is 0.513 e. The Kier molecular flexibility index (Phi) is 6.05. The van der Waals surface area contributed by atoms with E-state index >= 15 is 0 Å². The summed E-state index contributed by atoms with van der Waals surface area (Å²) in [7, 11) is 0. The number of para-hydroxylation sites is 1. The molecule has 3 rings (SSSR count). The van der Waals surface area contributed by atoms with Crippen LogP contribution in [-0.4, -0.2) is 12.8 Å². The zero-order chi connectivity index (χ0) is 18.2. The smallest absolute Gasteiger partial charge is 0.434 e. The Labute approximate surface area is 154 Å². The number of rotatable bonds is 6. The van der Waals surface area contributed by atoms with Crippen molar-refractivity contribution in [3.05, 3.63) is 78.9 Å². The second-order valence-corrected chi connectivity index (χ2v) is 5.97. The van der Waals surface area contributed by atoms with Crippen LogP contribution in [0, 0.1) is 0 Å². The van der Waals surface area contributed by atoms with Crippen LogP contribution in [0.25, 0.3) is 22.3 Å². The van der Waals surface area contributed by atoms with Crippen molar-refractivity contribution in [2.24, 2.45) is 0 Å². The van der Waals surface area contributed by atoms with Crippen molar-refractivity contribution >= 4 is 6.16 Å². The third kappa shape index (κ3) is 4.31. The van der Waals surface area contributed by atoms with Crippen molar-refractivity contribution in [1.82, 2.24) is 0 Å². The third-order valence-electron chi connectivity index (χ3n) is 4.09. The van der Waals surface area contributed by atoms with E-state index < -0.39 is 6.16 Å². The second kappa shape index (κ2) is 8.86. The average molecular weight is 346 g/mol. The summed E-state index contributed by atoms with van der Waals surface area (Å²) in [5, 5.41) is 0. The summed E-state index contributed by atoms with van der Waals surface area (Å²) in [5.74, 6) is 0.520. The number of unbranched alkanes of at least 4 members (excludes halogenated alkanes) is 1. The van der Waals surface area contributed by atoms with Crippen molar-refractivity contribution < 1.29 is 14.3 Å². The van der Waals surface area contributed by atoms with Crippen molar-refractivity contribution in [3.8, 4) is 28.0 Å². The van der Waals surface area contributed by atoms with Gasteiger partial charge in [-0.05, 0) is 17.5 Å². The number of ether oxygens (including phenoxy) is 2. The van der Waals surface area contributed by atoms with E-state index in [-0.39, 0.29) is 0 Å². The summed E-state index contributed by atoms with van der Waals surface area (Å²) >= 11 is 0. The molecule has 0 spiro atoms. The van der Waals surface area contributed by atoms with Crippen molar-refractivity contribution in [2.45, 2.75) is 19.8 Å². The summed E-state index contributed by atoms with van der Waals surface area (Å²) in [5.41, 5.74) is 3.70. The molecule has 3 aromatic carbocycles. The predicted molar refractivity (Wildman–Crippen MR) is 104 cm³/mol. The molecule has 0 N–H and O–H groups in total. The zero-order valence-electron chi connectivity index (χ0n) is 14.9. The Morgan fingerprint density at radius 2 is 1.31 bits per heavy atom. The molecule has 0 amide bonds. The zero-order valence-corrected chi connectivity index (χ0v) is 14.9. The van der Waals surface area contributed by atoms with Crippen LogP contribution in [0.4, 0.5) is 4.79 Å². The van der Waals surface area contributed by atoms with Gasteiger partial charge in [-0.1, -0.05) is 92.2 Å². The SMILES string of the molecule is CCCCOC(=O)Oc1c(-c2ccccc2)cccc1-c1ccccc1. The molecule has 0 radical (unpaired) electrons. The van der Waals surface area contributed by atoms with Crippen LogP contribution in [0.2, 0.25) is 0 Å². The summed E-state index contributed by atoms with van der Waals surface area (Å²) < 4.78 is 10.9. The predicted octanol–water partition coefficient (Wildman–Crippen LogP) is 6.34. The van der Waals surface area contributed by atoms with Crippen LogP contribution in [-0.2, 0) is 4.74 Å². The summed E-state index contributed by atoms with van der Waals surface area (Å²) in [6.07, 6.45) is 1.11. The molecule has 0 aliphatic rings. The summed E-state index contributed by atoms with van der Waals surface area (Å²) in [4.78, 5) is 12.2. The number of hydrogen-bond donors (Lipinski definition) is 0. The van der Waals surface area contributed by atoms with Gasteiger partial charge < -0.3 is 9.47 Å². The second-order valence-electron chi connectivity index (χ2n) is 5.97. The molecule has 0 fully saturated rings. The minimum Gasteiger partial charge on any atom is -0.434 e. The van der Waals surface area contributed by atoms with Gasteiger partial charge in [-0.25, -0.2) is 4.79 Å². The van der Waals surface area contributed by atoms with Gasteiger partial charge in [-0.15, -0.1) is 0 Å².